The fourth-order valence-electron chi connectivity index (χ4n) is 4.76. The Bertz CT molecular complexity index is 1000. The molecule has 0 bridgehead atoms. The molecule has 2 aromatic carbocycles. The molecule has 7 nitrogen and oxygen atoms in total. The summed E-state index contributed by atoms with van der Waals surface area (Å²) in [6.45, 7) is 4.09. The molecule has 2 amide bonds. The third kappa shape index (κ3) is 4.33. The molecular formula is C25H28N2O5. The zero-order valence-corrected chi connectivity index (χ0v) is 18.3. The standard InChI is InChI=1S/C25H28N2O5/c1-25(2,14-22(28)27-13-7-12-21(27)23(29)30)26-24(31)32-15-20-18-10-5-3-8-16(18)17-9-4-6-11-19(17)20/h3-6,8-11,20-21H,7,12-15H2,1-2H3,(H,26,31)(H,29,30)/t21-/m1/s1. The summed E-state index contributed by atoms with van der Waals surface area (Å²) in [5, 5.41) is 12.1. The number of rotatable bonds is 6. The molecule has 32 heavy (non-hydrogen) atoms. The van der Waals surface area contributed by atoms with Gasteiger partial charge in [-0.3, -0.25) is 4.79 Å². The zero-order valence-electron chi connectivity index (χ0n) is 18.3. The van der Waals surface area contributed by atoms with Crippen molar-refractivity contribution < 1.29 is 24.2 Å². The number of benzene rings is 2. The Labute approximate surface area is 187 Å². The Kier molecular flexibility index (Phi) is 5.91. The minimum atomic E-state index is -0.988. The molecule has 1 aliphatic carbocycles. The van der Waals surface area contributed by atoms with Crippen LogP contribution in [0.1, 0.15) is 50.2 Å². The van der Waals surface area contributed by atoms with Crippen LogP contribution in [-0.4, -0.2) is 52.7 Å². The van der Waals surface area contributed by atoms with Gasteiger partial charge in [-0.05, 0) is 48.9 Å². The molecule has 2 aromatic rings. The molecule has 0 saturated carbocycles. The topological polar surface area (TPSA) is 95.9 Å². The third-order valence-corrected chi connectivity index (χ3v) is 6.24. The number of alkyl carbamates (subject to hydrolysis) is 1. The van der Waals surface area contributed by atoms with Gasteiger partial charge in [-0.1, -0.05) is 48.5 Å². The molecular weight excluding hydrogens is 408 g/mol. The number of carboxylic acid groups (broad SMARTS) is 1. The average molecular weight is 437 g/mol. The van der Waals surface area contributed by atoms with Gasteiger partial charge >= 0.3 is 12.1 Å². The zero-order chi connectivity index (χ0) is 22.9. The number of ether oxygens (including phenoxy) is 1. The van der Waals surface area contributed by atoms with Crippen LogP contribution in [0.3, 0.4) is 0 Å². The van der Waals surface area contributed by atoms with Crippen LogP contribution in [-0.2, 0) is 14.3 Å². The predicted molar refractivity (Wildman–Crippen MR) is 119 cm³/mol. The van der Waals surface area contributed by atoms with Gasteiger partial charge in [0.1, 0.15) is 12.6 Å². The first-order valence-corrected chi connectivity index (χ1v) is 10.9. The highest BCUT2D eigenvalue weighted by molar-refractivity contribution is 5.85. The Morgan fingerprint density at radius 3 is 2.25 bits per heavy atom. The van der Waals surface area contributed by atoms with Crippen LogP contribution in [0.15, 0.2) is 48.5 Å². The van der Waals surface area contributed by atoms with Crippen molar-refractivity contribution in [2.75, 3.05) is 13.2 Å². The minimum Gasteiger partial charge on any atom is -0.480 e. The highest BCUT2D eigenvalue weighted by atomic mass is 16.5. The first-order chi connectivity index (χ1) is 15.3. The second-order valence-electron chi connectivity index (χ2n) is 9.09. The van der Waals surface area contributed by atoms with E-state index in [1.165, 1.54) is 4.90 Å². The van der Waals surface area contributed by atoms with Crippen LogP contribution in [0.2, 0.25) is 0 Å². The number of fused-ring (bicyclic) bond motifs is 3. The van der Waals surface area contributed by atoms with Crippen molar-refractivity contribution in [3.8, 4) is 11.1 Å². The van der Waals surface area contributed by atoms with Crippen molar-refractivity contribution in [1.82, 2.24) is 10.2 Å². The van der Waals surface area contributed by atoms with Gasteiger partial charge in [0, 0.05) is 24.4 Å². The van der Waals surface area contributed by atoms with Crippen molar-refractivity contribution in [2.45, 2.75) is 50.6 Å². The van der Waals surface area contributed by atoms with E-state index in [9.17, 15) is 19.5 Å². The smallest absolute Gasteiger partial charge is 0.407 e. The maximum atomic E-state index is 12.7. The number of amides is 2. The van der Waals surface area contributed by atoms with E-state index in [4.69, 9.17) is 4.74 Å². The fourth-order valence-corrected chi connectivity index (χ4v) is 4.76. The first-order valence-electron chi connectivity index (χ1n) is 10.9. The first kappa shape index (κ1) is 21.9. The molecule has 1 saturated heterocycles. The number of hydrogen-bond donors (Lipinski definition) is 2. The molecule has 0 aromatic heterocycles. The summed E-state index contributed by atoms with van der Waals surface area (Å²) < 4.78 is 5.57. The quantitative estimate of drug-likeness (QED) is 0.719. The maximum absolute atomic E-state index is 12.7. The van der Waals surface area contributed by atoms with Gasteiger partial charge in [-0.2, -0.15) is 0 Å². The van der Waals surface area contributed by atoms with Crippen molar-refractivity contribution in [3.05, 3.63) is 59.7 Å². The lowest BCUT2D eigenvalue weighted by Crippen LogP contribution is -2.49. The van der Waals surface area contributed by atoms with E-state index in [0.29, 0.717) is 19.4 Å². The number of likely N-dealkylation sites (tertiary alicyclic amines) is 1. The van der Waals surface area contributed by atoms with Crippen molar-refractivity contribution in [2.24, 2.45) is 0 Å². The number of carbonyl (C=O) groups excluding carboxylic acids is 2. The van der Waals surface area contributed by atoms with E-state index < -0.39 is 23.6 Å². The van der Waals surface area contributed by atoms with Gasteiger partial charge < -0.3 is 20.1 Å². The van der Waals surface area contributed by atoms with E-state index in [2.05, 4.69) is 29.6 Å². The minimum absolute atomic E-state index is 0.000968. The van der Waals surface area contributed by atoms with E-state index in [1.54, 1.807) is 13.8 Å². The second kappa shape index (κ2) is 8.65. The van der Waals surface area contributed by atoms with Crippen LogP contribution in [0, 0.1) is 0 Å². The monoisotopic (exact) mass is 436 g/mol. The Morgan fingerprint density at radius 2 is 1.66 bits per heavy atom. The van der Waals surface area contributed by atoms with Crippen molar-refractivity contribution >= 4 is 18.0 Å². The van der Waals surface area contributed by atoms with Gasteiger partial charge in [-0.25, -0.2) is 9.59 Å². The van der Waals surface area contributed by atoms with Crippen LogP contribution in [0.5, 0.6) is 0 Å². The van der Waals surface area contributed by atoms with E-state index >= 15 is 0 Å². The number of carbonyl (C=O) groups is 3. The summed E-state index contributed by atoms with van der Waals surface area (Å²) in [5.74, 6) is -1.31. The number of aliphatic carboxylic acids is 1. The van der Waals surface area contributed by atoms with E-state index in [-0.39, 0.29) is 24.9 Å². The lowest BCUT2D eigenvalue weighted by molar-refractivity contribution is -0.148. The lowest BCUT2D eigenvalue weighted by Gasteiger charge is -2.29. The summed E-state index contributed by atoms with van der Waals surface area (Å²) >= 11 is 0. The lowest BCUT2D eigenvalue weighted by atomic mass is 9.98. The van der Waals surface area contributed by atoms with Gasteiger partial charge in [-0.15, -0.1) is 0 Å². The average Bonchev–Trinajstić information content (AvgIpc) is 3.35. The molecule has 2 N–H and O–H groups in total. The third-order valence-electron chi connectivity index (χ3n) is 6.24. The molecule has 1 heterocycles. The van der Waals surface area contributed by atoms with Crippen LogP contribution in [0.25, 0.3) is 11.1 Å². The fraction of sp³-hybridized carbons (Fsp3) is 0.400. The normalized spacial score (nSPS) is 17.6. The number of nitrogens with zero attached hydrogens (tertiary/aromatic N) is 1. The van der Waals surface area contributed by atoms with Gasteiger partial charge in [0.15, 0.2) is 0 Å². The Morgan fingerprint density at radius 1 is 1.06 bits per heavy atom. The SMILES string of the molecule is CC(C)(CC(=O)N1CCC[C@@H]1C(=O)O)NC(=O)OCC1c2ccccc2-c2ccccc21. The predicted octanol–water partition coefficient (Wildman–Crippen LogP) is 3.77. The Balaban J connectivity index is 1.37. The van der Waals surface area contributed by atoms with Gasteiger partial charge in [0.05, 0.1) is 0 Å². The summed E-state index contributed by atoms with van der Waals surface area (Å²) in [7, 11) is 0. The van der Waals surface area contributed by atoms with Crippen LogP contribution < -0.4 is 5.32 Å². The molecule has 1 aliphatic heterocycles. The summed E-state index contributed by atoms with van der Waals surface area (Å²) in [5.41, 5.74) is 3.70. The molecule has 0 radical (unpaired) electrons. The number of carboxylic acids is 1. The molecule has 0 spiro atoms. The number of nitrogens with one attached hydrogen (secondary N) is 1. The highest BCUT2D eigenvalue weighted by Gasteiger charge is 2.37. The van der Waals surface area contributed by atoms with Crippen LogP contribution >= 0.6 is 0 Å². The molecule has 1 atom stereocenters. The van der Waals surface area contributed by atoms with E-state index in [1.807, 2.05) is 24.3 Å². The molecule has 0 unspecified atom stereocenters. The van der Waals surface area contributed by atoms with Gasteiger partial charge in [0.25, 0.3) is 0 Å². The van der Waals surface area contributed by atoms with Crippen LogP contribution in [0.4, 0.5) is 4.79 Å². The Hall–Kier alpha value is -3.35. The largest absolute Gasteiger partial charge is 0.480 e. The molecule has 2 aliphatic rings. The molecule has 168 valence electrons. The molecule has 1 fully saturated rings. The molecule has 7 heteroatoms. The molecule has 4 rings (SSSR count). The van der Waals surface area contributed by atoms with Crippen molar-refractivity contribution in [1.29, 1.82) is 0 Å². The van der Waals surface area contributed by atoms with E-state index in [0.717, 1.165) is 22.3 Å². The number of hydrogen-bond acceptors (Lipinski definition) is 4. The maximum Gasteiger partial charge on any atom is 0.407 e. The van der Waals surface area contributed by atoms with Crippen molar-refractivity contribution in [3.63, 3.8) is 0 Å². The summed E-state index contributed by atoms with van der Waals surface area (Å²) in [4.78, 5) is 38.0. The van der Waals surface area contributed by atoms with Gasteiger partial charge in [0.2, 0.25) is 5.91 Å². The highest BCUT2D eigenvalue weighted by Crippen LogP contribution is 2.44. The second-order valence-corrected chi connectivity index (χ2v) is 9.09. The summed E-state index contributed by atoms with van der Waals surface area (Å²) in [6, 6.07) is 15.4. The summed E-state index contributed by atoms with van der Waals surface area (Å²) in [6.07, 6.45) is 0.534.